The van der Waals surface area contributed by atoms with Gasteiger partial charge in [0.1, 0.15) is 22.7 Å². The second-order valence-electron chi connectivity index (χ2n) is 13.1. The van der Waals surface area contributed by atoms with Crippen molar-refractivity contribution >= 4 is 39.5 Å². The molecule has 5 aromatic rings. The molecule has 0 radical (unpaired) electrons. The van der Waals surface area contributed by atoms with Crippen LogP contribution in [0.5, 0.6) is 0 Å². The van der Waals surface area contributed by atoms with Crippen LogP contribution in [0.4, 0.5) is 4.79 Å². The van der Waals surface area contributed by atoms with E-state index in [-0.39, 0.29) is 23.8 Å². The Kier molecular flexibility index (Phi) is 11.1. The van der Waals surface area contributed by atoms with Gasteiger partial charge in [-0.25, -0.2) is 19.7 Å². The van der Waals surface area contributed by atoms with Gasteiger partial charge in [-0.3, -0.25) is 9.59 Å². The van der Waals surface area contributed by atoms with E-state index < -0.39 is 12.1 Å². The number of methoxy groups -OCH3 is 1. The summed E-state index contributed by atoms with van der Waals surface area (Å²) in [5, 5.41) is 6.55. The molecule has 51 heavy (non-hydrogen) atoms. The number of hydrogen-bond acceptors (Lipinski definition) is 9. The zero-order valence-corrected chi connectivity index (χ0v) is 30.5. The maximum atomic E-state index is 13.5. The van der Waals surface area contributed by atoms with Gasteiger partial charge in [-0.05, 0) is 49.9 Å². The molecule has 13 nitrogen and oxygen atoms in total. The van der Waals surface area contributed by atoms with E-state index in [9.17, 15) is 14.4 Å². The molecule has 1 aliphatic heterocycles. The number of rotatable bonds is 13. The second kappa shape index (κ2) is 15.9. The van der Waals surface area contributed by atoms with Crippen molar-refractivity contribution in [3.63, 3.8) is 0 Å². The largest absolute Gasteiger partial charge is 0.453 e. The van der Waals surface area contributed by atoms with Gasteiger partial charge in [0.25, 0.3) is 0 Å². The van der Waals surface area contributed by atoms with E-state index in [0.29, 0.717) is 26.2 Å². The summed E-state index contributed by atoms with van der Waals surface area (Å²) in [6, 6.07) is 13.5. The number of hydrogen-bond donors (Lipinski definition) is 4. The molecule has 2 aromatic carbocycles. The molecule has 1 saturated heterocycles. The molecule has 1 fully saturated rings. The monoisotopic (exact) mass is 711 g/mol. The molecule has 1 aliphatic rings. The molecule has 0 aliphatic carbocycles. The first-order valence-electron chi connectivity index (χ1n) is 17.4. The summed E-state index contributed by atoms with van der Waals surface area (Å²) < 4.78 is 5.81. The third-order valence-corrected chi connectivity index (χ3v) is 10.2. The number of amides is 3. The minimum Gasteiger partial charge on any atom is -0.453 e. The zero-order chi connectivity index (χ0) is 36.1. The van der Waals surface area contributed by atoms with Crippen molar-refractivity contribution in [3.05, 3.63) is 66.5 Å². The van der Waals surface area contributed by atoms with E-state index in [4.69, 9.17) is 14.7 Å². The number of ether oxygens (including phenoxy) is 1. The fourth-order valence-electron chi connectivity index (χ4n) is 6.45. The number of aromatic amines is 2. The normalized spacial score (nSPS) is 15.0. The molecule has 3 amide bonds. The summed E-state index contributed by atoms with van der Waals surface area (Å²) in [7, 11) is 3.07. The average Bonchev–Trinajstić information content (AvgIpc) is 3.96. The molecule has 4 N–H and O–H groups in total. The number of likely N-dealkylation sites (tertiary alicyclic amines) is 1. The number of imidazole rings is 2. The van der Waals surface area contributed by atoms with Gasteiger partial charge in [0.2, 0.25) is 11.8 Å². The van der Waals surface area contributed by atoms with Crippen LogP contribution in [0.2, 0.25) is 0 Å². The van der Waals surface area contributed by atoms with Crippen LogP contribution >= 0.6 is 11.3 Å². The van der Waals surface area contributed by atoms with E-state index in [1.807, 2.05) is 48.2 Å². The van der Waals surface area contributed by atoms with Crippen molar-refractivity contribution in [2.75, 3.05) is 33.8 Å². The van der Waals surface area contributed by atoms with E-state index >= 15 is 0 Å². The molecule has 4 heterocycles. The lowest BCUT2D eigenvalue weighted by molar-refractivity contribution is -0.135. The first-order valence-corrected chi connectivity index (χ1v) is 18.2. The minimum atomic E-state index is -0.682. The van der Waals surface area contributed by atoms with Gasteiger partial charge in [-0.15, -0.1) is 11.3 Å². The Hall–Kier alpha value is -5.08. The lowest BCUT2D eigenvalue weighted by Crippen LogP contribution is -2.51. The summed E-state index contributed by atoms with van der Waals surface area (Å²) in [6.07, 6.45) is 5.52. The summed E-state index contributed by atoms with van der Waals surface area (Å²) in [6.45, 7) is 7.88. The maximum absolute atomic E-state index is 13.5. The third-order valence-electron chi connectivity index (χ3n) is 9.12. The second-order valence-corrected chi connectivity index (χ2v) is 14.1. The Morgan fingerprint density at radius 3 is 2.49 bits per heavy atom. The highest BCUT2D eigenvalue weighted by molar-refractivity contribution is 7.21. The smallest absolute Gasteiger partial charge is 0.407 e. The highest BCUT2D eigenvalue weighted by Gasteiger charge is 2.37. The molecule has 6 rings (SSSR count). The number of thiazole rings is 1. The molecular formula is C37H45N9O4S. The van der Waals surface area contributed by atoms with Gasteiger partial charge in [0.05, 0.1) is 60.2 Å². The van der Waals surface area contributed by atoms with Crippen LogP contribution in [0, 0.1) is 5.92 Å². The number of nitrogens with one attached hydrogen (secondary N) is 4. The van der Waals surface area contributed by atoms with Crippen LogP contribution in [0.15, 0.2) is 54.9 Å². The Labute approximate surface area is 301 Å². The van der Waals surface area contributed by atoms with Crippen LogP contribution < -0.4 is 10.6 Å². The van der Waals surface area contributed by atoms with E-state index in [0.717, 1.165) is 74.2 Å². The topological polar surface area (TPSA) is 161 Å². The highest BCUT2D eigenvalue weighted by Crippen LogP contribution is 2.36. The molecule has 0 saturated carbocycles. The number of aromatic nitrogens is 5. The standard InChI is InChI=1S/C37H45N9O4S/c1-6-15-45(32(47)20-38-4)21-31-39-18-27(41-31)23-9-11-24(12-10-23)35-43-26-14-13-25(17-30(26)51-35)28-19-40-34(42-28)29-8-7-16-46(29)36(48)33(22(2)3)44-37(49)50-5/h9-14,17-19,22,29,33,38H,6-8,15-16,20-21H2,1-5H3,(H,39,41)(H,40,42)(H,44,49). The maximum Gasteiger partial charge on any atom is 0.407 e. The molecule has 2 unspecified atom stereocenters. The Morgan fingerprint density at radius 2 is 1.76 bits per heavy atom. The summed E-state index contributed by atoms with van der Waals surface area (Å²) in [5.41, 5.74) is 5.67. The number of alkyl carbamates (subject to hydrolysis) is 1. The summed E-state index contributed by atoms with van der Waals surface area (Å²) >= 11 is 1.63. The fourth-order valence-corrected chi connectivity index (χ4v) is 7.46. The van der Waals surface area contributed by atoms with Crippen LogP contribution in [-0.4, -0.2) is 92.5 Å². The number of carbonyl (C=O) groups excluding carboxylic acids is 3. The van der Waals surface area contributed by atoms with Gasteiger partial charge < -0.3 is 35.1 Å². The minimum absolute atomic E-state index is 0.0512. The van der Waals surface area contributed by atoms with Crippen LogP contribution in [-0.2, 0) is 20.9 Å². The van der Waals surface area contributed by atoms with Crippen molar-refractivity contribution in [2.24, 2.45) is 5.92 Å². The summed E-state index contributed by atoms with van der Waals surface area (Å²) in [4.78, 5) is 62.6. The predicted octanol–water partition coefficient (Wildman–Crippen LogP) is 5.75. The SMILES string of the molecule is CCCN(Cc1ncc(-c2ccc(-c3nc4ccc(-c5cnc(C6CCCN6C(=O)C(NC(=O)OC)C(C)C)[nH]5)cc4s3)cc2)[nH]1)C(=O)CNC. The van der Waals surface area contributed by atoms with Crippen LogP contribution in [0.1, 0.15) is 57.7 Å². The summed E-state index contributed by atoms with van der Waals surface area (Å²) in [5.74, 6) is 1.30. The Balaban J connectivity index is 1.15. The molecule has 0 spiro atoms. The highest BCUT2D eigenvalue weighted by atomic mass is 32.1. The van der Waals surface area contributed by atoms with Crippen molar-refractivity contribution in [1.82, 2.24) is 45.4 Å². The van der Waals surface area contributed by atoms with Gasteiger partial charge in [0.15, 0.2) is 0 Å². The lowest BCUT2D eigenvalue weighted by atomic mass is 10.0. The quantitative estimate of drug-likeness (QED) is 0.120. The Bertz CT molecular complexity index is 1980. The van der Waals surface area contributed by atoms with Crippen LogP contribution in [0.25, 0.3) is 43.3 Å². The van der Waals surface area contributed by atoms with Crippen molar-refractivity contribution < 1.29 is 19.1 Å². The number of likely N-dealkylation sites (N-methyl/N-ethyl adjacent to an activating group) is 1. The number of H-pyrrole nitrogens is 2. The average molecular weight is 712 g/mol. The molecule has 2 atom stereocenters. The molecule has 3 aromatic heterocycles. The molecule has 268 valence electrons. The van der Waals surface area contributed by atoms with Gasteiger partial charge in [0, 0.05) is 24.2 Å². The van der Waals surface area contributed by atoms with E-state index in [1.165, 1.54) is 7.11 Å². The van der Waals surface area contributed by atoms with E-state index in [2.05, 4.69) is 62.8 Å². The lowest BCUT2D eigenvalue weighted by Gasteiger charge is -2.30. The Morgan fingerprint density at radius 1 is 1.04 bits per heavy atom. The van der Waals surface area contributed by atoms with Crippen molar-refractivity contribution in [1.29, 1.82) is 0 Å². The van der Waals surface area contributed by atoms with Crippen molar-refractivity contribution in [2.45, 2.75) is 58.7 Å². The van der Waals surface area contributed by atoms with Crippen molar-refractivity contribution in [3.8, 4) is 33.1 Å². The number of carbonyl (C=O) groups is 3. The molecular weight excluding hydrogens is 667 g/mol. The van der Waals surface area contributed by atoms with E-state index in [1.54, 1.807) is 18.4 Å². The van der Waals surface area contributed by atoms with Gasteiger partial charge in [-0.1, -0.05) is 51.1 Å². The number of nitrogens with zero attached hydrogens (tertiary/aromatic N) is 5. The number of fused-ring (bicyclic) bond motifs is 1. The number of benzene rings is 2. The van der Waals surface area contributed by atoms with Crippen LogP contribution in [0.3, 0.4) is 0 Å². The fraction of sp³-hybridized carbons (Fsp3) is 0.405. The van der Waals surface area contributed by atoms with Gasteiger partial charge in [-0.2, -0.15) is 0 Å². The predicted molar refractivity (Wildman–Crippen MR) is 198 cm³/mol. The molecule has 0 bridgehead atoms. The first-order chi connectivity index (χ1) is 24.7. The zero-order valence-electron chi connectivity index (χ0n) is 29.7. The molecule has 14 heteroatoms. The first kappa shape index (κ1) is 35.7. The third kappa shape index (κ3) is 7.97. The van der Waals surface area contributed by atoms with Gasteiger partial charge >= 0.3 is 6.09 Å².